The van der Waals surface area contributed by atoms with Crippen LogP contribution in [0.5, 0.6) is 0 Å². The predicted molar refractivity (Wildman–Crippen MR) is 71.2 cm³/mol. The molecule has 1 fully saturated rings. The van der Waals surface area contributed by atoms with Gasteiger partial charge in [0.05, 0.1) is 5.69 Å². The van der Waals surface area contributed by atoms with Gasteiger partial charge >= 0.3 is 0 Å². The predicted octanol–water partition coefficient (Wildman–Crippen LogP) is 2.69. The molecule has 1 aromatic rings. The molecule has 1 saturated carbocycles. The minimum atomic E-state index is 0.0318. The van der Waals surface area contributed by atoms with Crippen molar-refractivity contribution in [2.45, 2.75) is 58.1 Å². The summed E-state index contributed by atoms with van der Waals surface area (Å²) in [5.41, 5.74) is 8.00. The van der Waals surface area contributed by atoms with Crippen LogP contribution in [0.3, 0.4) is 0 Å². The molecule has 1 heterocycles. The summed E-state index contributed by atoms with van der Waals surface area (Å²) in [6.07, 6.45) is 6.43. The Kier molecular flexibility index (Phi) is 4.66. The fraction of sp³-hybridized carbons (Fsp3) is 0.714. The van der Waals surface area contributed by atoms with E-state index in [1.54, 1.807) is 0 Å². The van der Waals surface area contributed by atoms with Crippen molar-refractivity contribution in [2.24, 2.45) is 5.73 Å². The third-order valence-corrected chi connectivity index (χ3v) is 3.31. The lowest BCUT2D eigenvalue weighted by Gasteiger charge is -2.16. The summed E-state index contributed by atoms with van der Waals surface area (Å²) < 4.78 is 5.74. The molecular weight excluding hydrogens is 226 g/mol. The molecule has 0 aliphatic heterocycles. The van der Waals surface area contributed by atoms with E-state index in [4.69, 9.17) is 15.5 Å². The summed E-state index contributed by atoms with van der Waals surface area (Å²) in [5, 5.41) is 0. The van der Waals surface area contributed by atoms with E-state index in [1.165, 1.54) is 12.8 Å². The van der Waals surface area contributed by atoms with Crippen molar-refractivity contribution < 1.29 is 4.74 Å². The fourth-order valence-electron chi connectivity index (χ4n) is 2.21. The Morgan fingerprint density at radius 3 is 2.78 bits per heavy atom. The lowest BCUT2D eigenvalue weighted by atomic mass is 10.1. The number of rotatable bonds is 7. The molecule has 1 atom stereocenters. The van der Waals surface area contributed by atoms with Gasteiger partial charge in [-0.15, -0.1) is 0 Å². The highest BCUT2D eigenvalue weighted by Crippen LogP contribution is 2.40. The van der Waals surface area contributed by atoms with Crippen LogP contribution in [0.4, 0.5) is 0 Å². The first kappa shape index (κ1) is 13.4. The molecule has 1 aliphatic rings. The summed E-state index contributed by atoms with van der Waals surface area (Å²) in [4.78, 5) is 9.17. The molecule has 0 spiro atoms. The van der Waals surface area contributed by atoms with E-state index in [-0.39, 0.29) is 6.10 Å². The van der Waals surface area contributed by atoms with Crippen molar-refractivity contribution in [1.82, 2.24) is 9.97 Å². The van der Waals surface area contributed by atoms with Gasteiger partial charge < -0.3 is 10.5 Å². The summed E-state index contributed by atoms with van der Waals surface area (Å²) in [7, 11) is 0. The maximum atomic E-state index is 5.75. The Morgan fingerprint density at radius 2 is 2.22 bits per heavy atom. The first-order valence-electron chi connectivity index (χ1n) is 6.97. The average Bonchev–Trinajstić information content (AvgIpc) is 3.22. The number of nitrogens with zero attached hydrogens (tertiary/aromatic N) is 2. The SMILES string of the molecule is CCCC(OCC)c1ncc(CN)c(C2CC2)n1. The zero-order valence-electron chi connectivity index (χ0n) is 11.4. The van der Waals surface area contributed by atoms with Crippen LogP contribution < -0.4 is 5.73 Å². The summed E-state index contributed by atoms with van der Waals surface area (Å²) in [6.45, 7) is 5.39. The van der Waals surface area contributed by atoms with E-state index in [9.17, 15) is 0 Å². The highest BCUT2D eigenvalue weighted by molar-refractivity contribution is 5.25. The number of hydrogen-bond donors (Lipinski definition) is 1. The molecule has 2 N–H and O–H groups in total. The topological polar surface area (TPSA) is 61.0 Å². The summed E-state index contributed by atoms with van der Waals surface area (Å²) in [5.74, 6) is 1.44. The van der Waals surface area contributed by atoms with Crippen molar-refractivity contribution in [3.8, 4) is 0 Å². The molecule has 0 saturated heterocycles. The van der Waals surface area contributed by atoms with Crippen LogP contribution >= 0.6 is 0 Å². The van der Waals surface area contributed by atoms with Gasteiger partial charge in [0.15, 0.2) is 5.82 Å². The third kappa shape index (κ3) is 3.06. The zero-order chi connectivity index (χ0) is 13.0. The van der Waals surface area contributed by atoms with Gasteiger partial charge in [-0.3, -0.25) is 0 Å². The van der Waals surface area contributed by atoms with Crippen molar-refractivity contribution in [3.63, 3.8) is 0 Å². The van der Waals surface area contributed by atoms with Gasteiger partial charge in [0, 0.05) is 30.8 Å². The Labute approximate surface area is 109 Å². The Morgan fingerprint density at radius 1 is 1.44 bits per heavy atom. The first-order valence-corrected chi connectivity index (χ1v) is 6.97. The van der Waals surface area contributed by atoms with Crippen molar-refractivity contribution >= 4 is 0 Å². The fourth-order valence-corrected chi connectivity index (χ4v) is 2.21. The Balaban J connectivity index is 2.23. The Bertz CT molecular complexity index is 385. The smallest absolute Gasteiger partial charge is 0.157 e. The third-order valence-electron chi connectivity index (χ3n) is 3.31. The van der Waals surface area contributed by atoms with Gasteiger partial charge in [-0.1, -0.05) is 13.3 Å². The molecule has 18 heavy (non-hydrogen) atoms. The Hall–Kier alpha value is -1.00. The van der Waals surface area contributed by atoms with E-state index in [0.29, 0.717) is 19.1 Å². The largest absolute Gasteiger partial charge is 0.371 e. The second-order valence-electron chi connectivity index (χ2n) is 4.85. The van der Waals surface area contributed by atoms with Gasteiger partial charge in [0.25, 0.3) is 0 Å². The van der Waals surface area contributed by atoms with Crippen LogP contribution in [0.25, 0.3) is 0 Å². The molecule has 4 heteroatoms. The number of nitrogens with two attached hydrogens (primary N) is 1. The highest BCUT2D eigenvalue weighted by Gasteiger charge is 2.28. The molecule has 100 valence electrons. The van der Waals surface area contributed by atoms with E-state index in [1.807, 2.05) is 13.1 Å². The van der Waals surface area contributed by atoms with Crippen LogP contribution in [0, 0.1) is 0 Å². The second kappa shape index (κ2) is 6.25. The van der Waals surface area contributed by atoms with Crippen molar-refractivity contribution in [3.05, 3.63) is 23.3 Å². The van der Waals surface area contributed by atoms with Crippen LogP contribution in [-0.4, -0.2) is 16.6 Å². The van der Waals surface area contributed by atoms with Crippen LogP contribution in [0.1, 0.15) is 68.6 Å². The monoisotopic (exact) mass is 249 g/mol. The van der Waals surface area contributed by atoms with E-state index in [0.717, 1.165) is 29.9 Å². The standard InChI is InChI=1S/C14H23N3O/c1-3-5-12(18-4-2)14-16-9-11(8-15)13(17-14)10-6-7-10/h9-10,12H,3-8,15H2,1-2H3. The lowest BCUT2D eigenvalue weighted by Crippen LogP contribution is -2.13. The maximum absolute atomic E-state index is 5.75. The molecule has 1 aliphatic carbocycles. The second-order valence-corrected chi connectivity index (χ2v) is 4.85. The minimum absolute atomic E-state index is 0.0318. The average molecular weight is 249 g/mol. The molecule has 1 unspecified atom stereocenters. The minimum Gasteiger partial charge on any atom is -0.371 e. The number of aromatic nitrogens is 2. The van der Waals surface area contributed by atoms with Crippen molar-refractivity contribution in [2.75, 3.05) is 6.61 Å². The molecular formula is C14H23N3O. The number of ether oxygens (including phenoxy) is 1. The van der Waals surface area contributed by atoms with Gasteiger partial charge in [-0.2, -0.15) is 0 Å². The lowest BCUT2D eigenvalue weighted by molar-refractivity contribution is 0.0491. The molecule has 0 amide bonds. The van der Waals surface area contributed by atoms with Gasteiger partial charge in [0.2, 0.25) is 0 Å². The zero-order valence-corrected chi connectivity index (χ0v) is 11.4. The molecule has 4 nitrogen and oxygen atoms in total. The molecule has 2 rings (SSSR count). The highest BCUT2D eigenvalue weighted by atomic mass is 16.5. The van der Waals surface area contributed by atoms with Crippen LogP contribution in [-0.2, 0) is 11.3 Å². The van der Waals surface area contributed by atoms with Crippen LogP contribution in [0.2, 0.25) is 0 Å². The summed E-state index contributed by atoms with van der Waals surface area (Å²) >= 11 is 0. The number of hydrogen-bond acceptors (Lipinski definition) is 4. The summed E-state index contributed by atoms with van der Waals surface area (Å²) in [6, 6.07) is 0. The van der Waals surface area contributed by atoms with E-state index >= 15 is 0 Å². The van der Waals surface area contributed by atoms with Crippen molar-refractivity contribution in [1.29, 1.82) is 0 Å². The quantitative estimate of drug-likeness (QED) is 0.807. The maximum Gasteiger partial charge on any atom is 0.157 e. The van der Waals surface area contributed by atoms with Gasteiger partial charge in [-0.05, 0) is 26.2 Å². The normalized spacial score (nSPS) is 16.8. The first-order chi connectivity index (χ1) is 8.80. The van der Waals surface area contributed by atoms with Crippen LogP contribution in [0.15, 0.2) is 6.20 Å². The molecule has 0 aromatic carbocycles. The van der Waals surface area contributed by atoms with Gasteiger partial charge in [-0.25, -0.2) is 9.97 Å². The van der Waals surface area contributed by atoms with Gasteiger partial charge in [0.1, 0.15) is 6.10 Å². The molecule has 0 bridgehead atoms. The molecule has 1 aromatic heterocycles. The van der Waals surface area contributed by atoms with E-state index in [2.05, 4.69) is 11.9 Å². The molecule has 0 radical (unpaired) electrons. The van der Waals surface area contributed by atoms with E-state index < -0.39 is 0 Å².